The quantitative estimate of drug-likeness (QED) is 0.455. The Labute approximate surface area is 126 Å². The van der Waals surface area contributed by atoms with Gasteiger partial charge in [-0.1, -0.05) is 0 Å². The largest absolute Gasteiger partial charge is 0.508 e. The van der Waals surface area contributed by atoms with E-state index in [1.54, 1.807) is 6.07 Å². The molecule has 4 aromatic rings. The van der Waals surface area contributed by atoms with Gasteiger partial charge in [0.2, 0.25) is 11.0 Å². The van der Waals surface area contributed by atoms with Crippen LogP contribution in [0.2, 0.25) is 0 Å². The molecule has 3 N–H and O–H groups in total. The van der Waals surface area contributed by atoms with Crippen LogP contribution in [-0.2, 0) is 0 Å². The molecule has 2 heterocycles. The highest BCUT2D eigenvalue weighted by Gasteiger charge is 2.20. The summed E-state index contributed by atoms with van der Waals surface area (Å²) in [4.78, 5) is 12.5. The lowest BCUT2D eigenvalue weighted by Gasteiger charge is -2.01. The Morgan fingerprint density at radius 2 is 1.65 bits per heavy atom. The van der Waals surface area contributed by atoms with Crippen LogP contribution < -0.4 is 5.43 Å². The highest BCUT2D eigenvalue weighted by Crippen LogP contribution is 2.36. The van der Waals surface area contributed by atoms with Crippen molar-refractivity contribution in [2.45, 2.75) is 0 Å². The second kappa shape index (κ2) is 4.18. The van der Waals surface area contributed by atoms with Crippen molar-refractivity contribution in [2.75, 3.05) is 0 Å². The van der Waals surface area contributed by atoms with E-state index in [0.29, 0.717) is 5.39 Å². The zero-order valence-corrected chi connectivity index (χ0v) is 11.3. The van der Waals surface area contributed by atoms with E-state index in [1.807, 2.05) is 0 Å². The second-order valence-corrected chi connectivity index (χ2v) is 5.01. The van der Waals surface area contributed by atoms with Crippen molar-refractivity contribution in [1.82, 2.24) is 0 Å². The van der Waals surface area contributed by atoms with E-state index in [-0.39, 0.29) is 44.8 Å². The first-order valence-electron chi connectivity index (χ1n) is 6.47. The Balaban J connectivity index is 2.27. The third kappa shape index (κ3) is 1.66. The number of hydrogen-bond acceptors (Lipinski definition) is 7. The molecule has 0 unspecified atom stereocenters. The smallest absolute Gasteiger partial charge is 0.239 e. The maximum Gasteiger partial charge on any atom is 0.239 e. The van der Waals surface area contributed by atoms with Crippen molar-refractivity contribution in [2.24, 2.45) is 0 Å². The number of phenols is 3. The van der Waals surface area contributed by atoms with E-state index < -0.39 is 11.2 Å². The van der Waals surface area contributed by atoms with Gasteiger partial charge in [0.05, 0.1) is 10.9 Å². The summed E-state index contributed by atoms with van der Waals surface area (Å²) in [6.07, 6.45) is 0. The van der Waals surface area contributed by atoms with Gasteiger partial charge in [-0.15, -0.1) is 0 Å². The molecule has 0 fully saturated rings. The zero-order chi connectivity index (χ0) is 16.3. The third-order valence-corrected chi connectivity index (χ3v) is 3.59. The number of hydrogen-bond donors (Lipinski definition) is 3. The van der Waals surface area contributed by atoms with E-state index >= 15 is 0 Å². The molecule has 112 valence electrons. The Morgan fingerprint density at radius 1 is 0.913 bits per heavy atom. The second-order valence-electron chi connectivity index (χ2n) is 5.01. The third-order valence-electron chi connectivity index (χ3n) is 3.59. The van der Waals surface area contributed by atoms with Crippen molar-refractivity contribution >= 4 is 33.1 Å². The molecule has 0 aliphatic heterocycles. The summed E-state index contributed by atoms with van der Waals surface area (Å²) in [5.74, 6) is -0.971. The molecule has 0 atom stereocenters. The maximum absolute atomic E-state index is 12.5. The summed E-state index contributed by atoms with van der Waals surface area (Å²) in [6.45, 7) is 0. The molecule has 0 amide bonds. The molecule has 2 aromatic carbocycles. The molecule has 0 aliphatic carbocycles. The summed E-state index contributed by atoms with van der Waals surface area (Å²) in [6, 6.07) is 6.57. The molecule has 0 bridgehead atoms. The van der Waals surface area contributed by atoms with Crippen LogP contribution in [0.1, 0.15) is 5.56 Å². The fourth-order valence-corrected chi connectivity index (χ4v) is 2.57. The van der Waals surface area contributed by atoms with E-state index in [2.05, 4.69) is 0 Å². The molecule has 23 heavy (non-hydrogen) atoms. The van der Waals surface area contributed by atoms with Gasteiger partial charge in [-0.2, -0.15) is 5.26 Å². The van der Waals surface area contributed by atoms with Crippen molar-refractivity contribution < 1.29 is 24.2 Å². The van der Waals surface area contributed by atoms with Gasteiger partial charge in [0.15, 0.2) is 5.58 Å². The van der Waals surface area contributed by atoms with Gasteiger partial charge < -0.3 is 24.2 Å². The Bertz CT molecular complexity index is 1230. The summed E-state index contributed by atoms with van der Waals surface area (Å²) < 4.78 is 11.0. The van der Waals surface area contributed by atoms with Crippen LogP contribution in [0.25, 0.3) is 33.1 Å². The molecule has 0 saturated heterocycles. The van der Waals surface area contributed by atoms with E-state index in [1.165, 1.54) is 18.2 Å². The minimum atomic E-state index is -0.618. The molecule has 0 spiro atoms. The topological polar surface area (TPSA) is 128 Å². The molecule has 2 aromatic heterocycles. The van der Waals surface area contributed by atoms with Crippen LogP contribution in [0.5, 0.6) is 17.2 Å². The average Bonchev–Trinajstić information content (AvgIpc) is 2.84. The van der Waals surface area contributed by atoms with Crippen LogP contribution in [0, 0.1) is 11.3 Å². The van der Waals surface area contributed by atoms with Crippen LogP contribution in [0.15, 0.2) is 37.9 Å². The number of nitriles is 1. The van der Waals surface area contributed by atoms with Crippen LogP contribution in [-0.4, -0.2) is 15.3 Å². The van der Waals surface area contributed by atoms with Gasteiger partial charge >= 0.3 is 0 Å². The van der Waals surface area contributed by atoms with Gasteiger partial charge in [0, 0.05) is 18.2 Å². The van der Waals surface area contributed by atoms with Gasteiger partial charge in [0.1, 0.15) is 39.9 Å². The number of aromatic hydroxyl groups is 3. The standard InChI is InChI=1S/C16H7NO6/c17-5-6-1-11-8(4-9(6)19)15-16(22-11)14(21)13-10(20)2-7(18)3-12(13)23-15/h1-4,18-20H. The lowest BCUT2D eigenvalue weighted by Crippen LogP contribution is -2.00. The fourth-order valence-electron chi connectivity index (χ4n) is 2.57. The molecular formula is C16H7NO6. The number of rotatable bonds is 0. The molecule has 7 heteroatoms. The fraction of sp³-hybridized carbons (Fsp3) is 0. The number of furan rings is 1. The minimum absolute atomic E-state index is 0.00551. The average molecular weight is 309 g/mol. The molecule has 7 nitrogen and oxygen atoms in total. The molecule has 0 saturated carbocycles. The van der Waals surface area contributed by atoms with Crippen molar-refractivity contribution in [3.63, 3.8) is 0 Å². The lowest BCUT2D eigenvalue weighted by atomic mass is 10.1. The summed E-state index contributed by atoms with van der Waals surface area (Å²) in [5, 5.41) is 38.3. The van der Waals surface area contributed by atoms with Crippen LogP contribution in [0.4, 0.5) is 0 Å². The number of benzene rings is 2. The number of nitrogens with zero attached hydrogens (tertiary/aromatic N) is 1. The van der Waals surface area contributed by atoms with Crippen molar-refractivity contribution in [3.05, 3.63) is 40.1 Å². The summed E-state index contributed by atoms with van der Waals surface area (Å²) in [7, 11) is 0. The first-order valence-corrected chi connectivity index (χ1v) is 6.47. The first kappa shape index (κ1) is 13.0. The molecule has 0 radical (unpaired) electrons. The van der Waals surface area contributed by atoms with Gasteiger partial charge in [-0.25, -0.2) is 0 Å². The van der Waals surface area contributed by atoms with E-state index in [9.17, 15) is 20.1 Å². The highest BCUT2D eigenvalue weighted by molar-refractivity contribution is 6.05. The molecular weight excluding hydrogens is 302 g/mol. The minimum Gasteiger partial charge on any atom is -0.508 e. The zero-order valence-electron chi connectivity index (χ0n) is 11.3. The summed E-state index contributed by atoms with van der Waals surface area (Å²) in [5.41, 5.74) is -0.548. The van der Waals surface area contributed by atoms with Crippen molar-refractivity contribution in [1.29, 1.82) is 5.26 Å². The molecule has 4 rings (SSSR count). The Kier molecular flexibility index (Phi) is 2.37. The lowest BCUT2D eigenvalue weighted by molar-refractivity contribution is 0.452. The van der Waals surface area contributed by atoms with Gasteiger partial charge in [-0.3, -0.25) is 4.79 Å². The number of fused-ring (bicyclic) bond motifs is 4. The monoisotopic (exact) mass is 309 g/mol. The van der Waals surface area contributed by atoms with Crippen LogP contribution in [0.3, 0.4) is 0 Å². The Hall–Kier alpha value is -3.66. The summed E-state index contributed by atoms with van der Waals surface area (Å²) >= 11 is 0. The van der Waals surface area contributed by atoms with Gasteiger partial charge in [-0.05, 0) is 6.07 Å². The van der Waals surface area contributed by atoms with E-state index in [0.717, 1.165) is 6.07 Å². The first-order chi connectivity index (χ1) is 11.0. The van der Waals surface area contributed by atoms with Crippen LogP contribution >= 0.6 is 0 Å². The molecule has 0 aliphatic rings. The Morgan fingerprint density at radius 3 is 2.39 bits per heavy atom. The normalized spacial score (nSPS) is 11.3. The highest BCUT2D eigenvalue weighted by atomic mass is 16.4. The predicted octanol–water partition coefficient (Wildman–Crippen LogP) is 2.68. The van der Waals surface area contributed by atoms with Crippen molar-refractivity contribution in [3.8, 4) is 23.3 Å². The number of phenolic OH excluding ortho intramolecular Hbond substituents is 3. The maximum atomic E-state index is 12.5. The SMILES string of the molecule is N#Cc1cc2oc3c(=O)c4c(O)cc(O)cc4oc3c2cc1O. The van der Waals surface area contributed by atoms with E-state index in [4.69, 9.17) is 14.1 Å². The van der Waals surface area contributed by atoms with Gasteiger partial charge in [0.25, 0.3) is 0 Å². The predicted molar refractivity (Wildman–Crippen MR) is 79.5 cm³/mol.